The molecule has 0 aliphatic rings. The van der Waals surface area contributed by atoms with Gasteiger partial charge in [-0.25, -0.2) is 0 Å². The van der Waals surface area contributed by atoms with Gasteiger partial charge in [0, 0.05) is 6.42 Å². The van der Waals surface area contributed by atoms with Crippen LogP contribution in [0.1, 0.15) is 57.8 Å². The summed E-state index contributed by atoms with van der Waals surface area (Å²) in [4.78, 5) is 20.7. The van der Waals surface area contributed by atoms with E-state index in [1.165, 1.54) is 43.9 Å². The normalized spacial score (nSPS) is 10.4. The maximum Gasteiger partial charge on any atom is 0.313 e. The SMILES string of the molecule is NC(=O)CCCCCCCCCCSCC(=O)O. The van der Waals surface area contributed by atoms with Crippen molar-refractivity contribution in [2.24, 2.45) is 5.73 Å². The maximum absolute atomic E-state index is 10.5. The van der Waals surface area contributed by atoms with Gasteiger partial charge in [0.2, 0.25) is 5.91 Å². The lowest BCUT2D eigenvalue weighted by atomic mass is 10.1. The number of carboxylic acids is 1. The summed E-state index contributed by atoms with van der Waals surface area (Å²) in [5.74, 6) is 0.245. The van der Waals surface area contributed by atoms with Gasteiger partial charge in [-0.2, -0.15) is 11.8 Å². The third-order valence-corrected chi connectivity index (χ3v) is 3.72. The van der Waals surface area contributed by atoms with E-state index in [1.807, 2.05) is 0 Å². The molecule has 4 nitrogen and oxygen atoms in total. The van der Waals surface area contributed by atoms with E-state index in [1.54, 1.807) is 0 Å². The molecule has 5 heteroatoms. The number of carboxylic acid groups (broad SMARTS) is 1. The van der Waals surface area contributed by atoms with Gasteiger partial charge in [-0.15, -0.1) is 0 Å². The first kappa shape index (κ1) is 17.3. The molecule has 0 heterocycles. The largest absolute Gasteiger partial charge is 0.481 e. The van der Waals surface area contributed by atoms with Gasteiger partial charge in [-0.3, -0.25) is 9.59 Å². The summed E-state index contributed by atoms with van der Waals surface area (Å²) < 4.78 is 0. The van der Waals surface area contributed by atoms with Crippen LogP contribution in [-0.4, -0.2) is 28.5 Å². The zero-order chi connectivity index (χ0) is 13.6. The summed E-state index contributed by atoms with van der Waals surface area (Å²) in [6.07, 6.45) is 9.69. The first-order valence-electron chi connectivity index (χ1n) is 6.70. The fourth-order valence-electron chi connectivity index (χ4n) is 1.72. The van der Waals surface area contributed by atoms with E-state index in [2.05, 4.69) is 0 Å². The summed E-state index contributed by atoms with van der Waals surface area (Å²) >= 11 is 1.50. The van der Waals surface area contributed by atoms with Crippen LogP contribution in [0.3, 0.4) is 0 Å². The summed E-state index contributed by atoms with van der Waals surface area (Å²) in [5, 5.41) is 8.44. The third-order valence-electron chi connectivity index (χ3n) is 2.69. The Morgan fingerprint density at radius 2 is 1.39 bits per heavy atom. The standard InChI is InChI=1S/C13H25NO3S/c14-12(15)9-7-5-3-1-2-4-6-8-10-18-11-13(16)17/h1-11H2,(H2,14,15)(H,16,17). The molecule has 0 atom stereocenters. The molecule has 0 unspecified atom stereocenters. The molecule has 0 aliphatic carbocycles. The number of rotatable bonds is 13. The van der Waals surface area contributed by atoms with Crippen molar-refractivity contribution in [2.75, 3.05) is 11.5 Å². The molecule has 0 aromatic rings. The highest BCUT2D eigenvalue weighted by molar-refractivity contribution is 7.99. The van der Waals surface area contributed by atoms with Gasteiger partial charge < -0.3 is 10.8 Å². The Balaban J connectivity index is 2.99. The first-order valence-corrected chi connectivity index (χ1v) is 7.86. The number of hydrogen-bond acceptors (Lipinski definition) is 3. The lowest BCUT2D eigenvalue weighted by molar-refractivity contribution is -0.133. The lowest BCUT2D eigenvalue weighted by Crippen LogP contribution is -2.09. The lowest BCUT2D eigenvalue weighted by Gasteiger charge is -2.01. The van der Waals surface area contributed by atoms with E-state index in [0.717, 1.165) is 25.0 Å². The quantitative estimate of drug-likeness (QED) is 0.506. The molecule has 3 N–H and O–H groups in total. The number of thioether (sulfide) groups is 1. The molecule has 0 bridgehead atoms. The van der Waals surface area contributed by atoms with Crippen molar-refractivity contribution >= 4 is 23.6 Å². The maximum atomic E-state index is 10.5. The van der Waals surface area contributed by atoms with Crippen LogP contribution in [0, 0.1) is 0 Å². The second-order valence-corrected chi connectivity index (χ2v) is 5.60. The van der Waals surface area contributed by atoms with E-state index in [-0.39, 0.29) is 11.7 Å². The van der Waals surface area contributed by atoms with Crippen molar-refractivity contribution in [1.82, 2.24) is 0 Å². The molecule has 0 aromatic heterocycles. The number of aliphatic carboxylic acids is 1. The van der Waals surface area contributed by atoms with Crippen LogP contribution < -0.4 is 5.73 Å². The molecule has 18 heavy (non-hydrogen) atoms. The Hall–Kier alpha value is -0.710. The van der Waals surface area contributed by atoms with Gasteiger partial charge in [-0.05, 0) is 18.6 Å². The molecule has 0 saturated heterocycles. The van der Waals surface area contributed by atoms with Gasteiger partial charge >= 0.3 is 5.97 Å². The fraction of sp³-hybridized carbons (Fsp3) is 0.846. The number of amides is 1. The monoisotopic (exact) mass is 275 g/mol. The Bertz CT molecular complexity index is 210. The van der Waals surface area contributed by atoms with E-state index >= 15 is 0 Å². The number of carbonyl (C=O) groups is 2. The second-order valence-electron chi connectivity index (χ2n) is 4.49. The van der Waals surface area contributed by atoms with E-state index in [4.69, 9.17) is 10.8 Å². The van der Waals surface area contributed by atoms with Crippen molar-refractivity contribution < 1.29 is 14.7 Å². The molecule has 0 rings (SSSR count). The van der Waals surface area contributed by atoms with Crippen molar-refractivity contribution in [2.45, 2.75) is 57.8 Å². The van der Waals surface area contributed by atoms with Gasteiger partial charge in [0.1, 0.15) is 0 Å². The molecular formula is C13H25NO3S. The summed E-state index contributed by atoms with van der Waals surface area (Å²) in [7, 11) is 0. The van der Waals surface area contributed by atoms with E-state index in [0.29, 0.717) is 6.42 Å². The number of hydrogen-bond donors (Lipinski definition) is 2. The Labute approximate surface area is 114 Å². The van der Waals surface area contributed by atoms with Crippen LogP contribution in [0.2, 0.25) is 0 Å². The zero-order valence-electron chi connectivity index (χ0n) is 11.0. The van der Waals surface area contributed by atoms with Crippen molar-refractivity contribution in [3.05, 3.63) is 0 Å². The molecule has 106 valence electrons. The van der Waals surface area contributed by atoms with Crippen LogP contribution in [0.25, 0.3) is 0 Å². The van der Waals surface area contributed by atoms with E-state index in [9.17, 15) is 9.59 Å². The predicted molar refractivity (Wildman–Crippen MR) is 75.7 cm³/mol. The third kappa shape index (κ3) is 15.3. The molecule has 0 aromatic carbocycles. The summed E-state index contributed by atoms with van der Waals surface area (Å²) in [6, 6.07) is 0. The van der Waals surface area contributed by atoms with Gasteiger partial charge in [0.25, 0.3) is 0 Å². The molecule has 0 spiro atoms. The zero-order valence-corrected chi connectivity index (χ0v) is 11.8. The van der Waals surface area contributed by atoms with Gasteiger partial charge in [0.15, 0.2) is 0 Å². The molecule has 0 radical (unpaired) electrons. The van der Waals surface area contributed by atoms with Crippen LogP contribution in [-0.2, 0) is 9.59 Å². The van der Waals surface area contributed by atoms with Crippen LogP contribution >= 0.6 is 11.8 Å². The highest BCUT2D eigenvalue weighted by atomic mass is 32.2. The van der Waals surface area contributed by atoms with Gasteiger partial charge in [-0.1, -0.05) is 38.5 Å². The number of nitrogens with two attached hydrogens (primary N) is 1. The average molecular weight is 275 g/mol. The topological polar surface area (TPSA) is 80.4 Å². The highest BCUT2D eigenvalue weighted by Crippen LogP contribution is 2.11. The minimum absolute atomic E-state index is 0.200. The Morgan fingerprint density at radius 3 is 1.89 bits per heavy atom. The molecule has 0 aliphatic heterocycles. The van der Waals surface area contributed by atoms with E-state index < -0.39 is 5.97 Å². The minimum atomic E-state index is -0.726. The highest BCUT2D eigenvalue weighted by Gasteiger charge is 1.97. The van der Waals surface area contributed by atoms with Crippen LogP contribution in [0.15, 0.2) is 0 Å². The van der Waals surface area contributed by atoms with Crippen molar-refractivity contribution in [1.29, 1.82) is 0 Å². The second kappa shape index (κ2) is 12.7. The van der Waals surface area contributed by atoms with Crippen molar-refractivity contribution in [3.8, 4) is 0 Å². The Morgan fingerprint density at radius 1 is 0.889 bits per heavy atom. The summed E-state index contributed by atoms with van der Waals surface area (Å²) in [5.41, 5.74) is 5.05. The molecule has 1 amide bonds. The first-order chi connectivity index (χ1) is 8.63. The van der Waals surface area contributed by atoms with Gasteiger partial charge in [0.05, 0.1) is 5.75 Å². The Kier molecular flexibility index (Phi) is 12.2. The van der Waals surface area contributed by atoms with Crippen molar-refractivity contribution in [3.63, 3.8) is 0 Å². The smallest absolute Gasteiger partial charge is 0.313 e. The number of carbonyl (C=O) groups excluding carboxylic acids is 1. The number of unbranched alkanes of at least 4 members (excludes halogenated alkanes) is 7. The van der Waals surface area contributed by atoms with Crippen LogP contribution in [0.4, 0.5) is 0 Å². The average Bonchev–Trinajstić information content (AvgIpc) is 2.29. The molecule has 0 saturated carbocycles. The number of primary amides is 1. The predicted octanol–water partition coefficient (Wildman–Crippen LogP) is 2.80. The molecular weight excluding hydrogens is 250 g/mol. The molecule has 0 fully saturated rings. The minimum Gasteiger partial charge on any atom is -0.481 e. The summed E-state index contributed by atoms with van der Waals surface area (Å²) in [6.45, 7) is 0. The van der Waals surface area contributed by atoms with Crippen LogP contribution in [0.5, 0.6) is 0 Å². The fourth-order valence-corrected chi connectivity index (χ4v) is 2.45.